The van der Waals surface area contributed by atoms with Gasteiger partial charge in [0.1, 0.15) is 17.5 Å². The monoisotopic (exact) mass is 508 g/mol. The van der Waals surface area contributed by atoms with Gasteiger partial charge in [-0.05, 0) is 55.2 Å². The molecule has 0 saturated carbocycles. The number of methoxy groups -OCH3 is 1. The predicted octanol–water partition coefficient (Wildman–Crippen LogP) is 5.74. The molecule has 6 nitrogen and oxygen atoms in total. The van der Waals surface area contributed by atoms with E-state index in [0.29, 0.717) is 53.3 Å². The van der Waals surface area contributed by atoms with Gasteiger partial charge in [-0.1, -0.05) is 50.0 Å². The maximum atomic E-state index is 13.3. The average Bonchev–Trinajstić information content (AvgIpc) is 2.82. The van der Waals surface area contributed by atoms with Gasteiger partial charge in [-0.15, -0.1) is 0 Å². The second kappa shape index (κ2) is 14.1. The van der Waals surface area contributed by atoms with E-state index in [4.69, 9.17) is 32.7 Å². The van der Waals surface area contributed by atoms with Gasteiger partial charge in [-0.3, -0.25) is 9.59 Å². The van der Waals surface area contributed by atoms with E-state index in [9.17, 15) is 9.59 Å². The number of ether oxygens (including phenoxy) is 2. The maximum Gasteiger partial charge on any atom is 0.242 e. The molecule has 0 bridgehead atoms. The van der Waals surface area contributed by atoms with E-state index < -0.39 is 6.04 Å². The maximum absolute atomic E-state index is 13.3. The van der Waals surface area contributed by atoms with E-state index in [1.165, 1.54) is 0 Å². The van der Waals surface area contributed by atoms with Crippen LogP contribution < -0.4 is 14.8 Å². The first-order chi connectivity index (χ1) is 16.3. The molecule has 0 fully saturated rings. The minimum atomic E-state index is -0.624. The van der Waals surface area contributed by atoms with Crippen LogP contribution in [-0.4, -0.2) is 43.0 Å². The Labute approximate surface area is 212 Å². The number of nitrogens with one attached hydrogen (secondary N) is 1. The van der Waals surface area contributed by atoms with Gasteiger partial charge in [0.05, 0.1) is 13.7 Å². The van der Waals surface area contributed by atoms with Crippen LogP contribution in [0.3, 0.4) is 0 Å². The van der Waals surface area contributed by atoms with E-state index in [1.54, 1.807) is 30.2 Å². The van der Waals surface area contributed by atoms with Crippen molar-refractivity contribution in [2.24, 2.45) is 5.92 Å². The number of hydrogen-bond donors (Lipinski definition) is 1. The highest BCUT2D eigenvalue weighted by atomic mass is 35.5. The fraction of sp³-hybridized carbons (Fsp3) is 0.462. The number of hydrogen-bond acceptors (Lipinski definition) is 4. The number of halogens is 2. The van der Waals surface area contributed by atoms with Crippen LogP contribution >= 0.6 is 23.2 Å². The summed E-state index contributed by atoms with van der Waals surface area (Å²) >= 11 is 12.7. The van der Waals surface area contributed by atoms with Crippen molar-refractivity contribution in [3.05, 3.63) is 58.1 Å². The number of amides is 2. The molecule has 0 saturated heterocycles. The molecule has 1 N–H and O–H groups in total. The Hall–Kier alpha value is -2.44. The summed E-state index contributed by atoms with van der Waals surface area (Å²) in [6.45, 7) is 7.01. The SMILES string of the molecule is CCC(C(=O)NCC(C)C)N(Cc1c(Cl)cccc1Cl)C(=O)CCCOc1ccc(OC)cc1. The number of carbonyl (C=O) groups is 2. The summed E-state index contributed by atoms with van der Waals surface area (Å²) < 4.78 is 10.9. The first-order valence-electron chi connectivity index (χ1n) is 11.5. The summed E-state index contributed by atoms with van der Waals surface area (Å²) in [6, 6.07) is 11.9. The van der Waals surface area contributed by atoms with Crippen LogP contribution in [0.5, 0.6) is 11.5 Å². The third-order valence-corrected chi connectivity index (χ3v) is 6.03. The van der Waals surface area contributed by atoms with Crippen molar-refractivity contribution in [3.8, 4) is 11.5 Å². The summed E-state index contributed by atoms with van der Waals surface area (Å²) in [5, 5.41) is 3.87. The zero-order chi connectivity index (χ0) is 25.1. The second-order valence-electron chi connectivity index (χ2n) is 8.41. The minimum absolute atomic E-state index is 0.152. The van der Waals surface area contributed by atoms with Gasteiger partial charge < -0.3 is 19.7 Å². The Kier molecular flexibility index (Phi) is 11.5. The highest BCUT2D eigenvalue weighted by Gasteiger charge is 2.29. The van der Waals surface area contributed by atoms with Gasteiger partial charge in [-0.25, -0.2) is 0 Å². The molecule has 2 aromatic carbocycles. The second-order valence-corrected chi connectivity index (χ2v) is 9.23. The summed E-state index contributed by atoms with van der Waals surface area (Å²) in [7, 11) is 1.61. The fourth-order valence-electron chi connectivity index (χ4n) is 3.42. The third kappa shape index (κ3) is 8.41. The summed E-state index contributed by atoms with van der Waals surface area (Å²) in [5.41, 5.74) is 0.628. The lowest BCUT2D eigenvalue weighted by Gasteiger charge is -2.31. The van der Waals surface area contributed by atoms with Crippen molar-refractivity contribution in [2.75, 3.05) is 20.3 Å². The minimum Gasteiger partial charge on any atom is -0.497 e. The number of rotatable bonds is 13. The fourth-order valence-corrected chi connectivity index (χ4v) is 3.94. The van der Waals surface area contributed by atoms with Gasteiger partial charge in [0.25, 0.3) is 0 Å². The van der Waals surface area contributed by atoms with Crippen LogP contribution in [0.2, 0.25) is 10.0 Å². The van der Waals surface area contributed by atoms with Crippen LogP contribution in [-0.2, 0) is 16.1 Å². The lowest BCUT2D eigenvalue weighted by Crippen LogP contribution is -2.49. The molecular weight excluding hydrogens is 475 g/mol. The highest BCUT2D eigenvalue weighted by Crippen LogP contribution is 2.27. The Morgan fingerprint density at radius 1 is 1.03 bits per heavy atom. The molecule has 34 heavy (non-hydrogen) atoms. The van der Waals surface area contributed by atoms with Gasteiger partial charge in [0.2, 0.25) is 11.8 Å². The standard InChI is InChI=1S/C26H34Cl2N2O4/c1-5-24(26(32)29-16-18(2)3)30(17-21-22(27)8-6-9-23(21)28)25(31)10-7-15-34-20-13-11-19(33-4)12-14-20/h6,8-9,11-14,18,24H,5,7,10,15-17H2,1-4H3,(H,29,32). The van der Waals surface area contributed by atoms with E-state index in [0.717, 1.165) is 5.75 Å². The molecule has 2 rings (SSSR count). The van der Waals surface area contributed by atoms with Crippen molar-refractivity contribution in [1.29, 1.82) is 0 Å². The molecule has 186 valence electrons. The Morgan fingerprint density at radius 3 is 2.21 bits per heavy atom. The smallest absolute Gasteiger partial charge is 0.242 e. The average molecular weight is 509 g/mol. The molecule has 0 aliphatic carbocycles. The topological polar surface area (TPSA) is 67.9 Å². The Bertz CT molecular complexity index is 915. The molecule has 1 atom stereocenters. The van der Waals surface area contributed by atoms with Crippen LogP contribution in [0.25, 0.3) is 0 Å². The number of nitrogens with zero attached hydrogens (tertiary/aromatic N) is 1. The van der Waals surface area contributed by atoms with Crippen LogP contribution in [0.15, 0.2) is 42.5 Å². The third-order valence-electron chi connectivity index (χ3n) is 5.32. The van der Waals surface area contributed by atoms with Crippen LogP contribution in [0.4, 0.5) is 0 Å². The molecule has 0 radical (unpaired) electrons. The molecule has 0 aliphatic heterocycles. The van der Waals surface area contributed by atoms with E-state index >= 15 is 0 Å². The number of carbonyl (C=O) groups excluding carboxylic acids is 2. The van der Waals surface area contributed by atoms with Crippen LogP contribution in [0, 0.1) is 5.92 Å². The molecule has 1 unspecified atom stereocenters. The molecule has 2 amide bonds. The van der Waals surface area contributed by atoms with Gasteiger partial charge in [-0.2, -0.15) is 0 Å². The van der Waals surface area contributed by atoms with Gasteiger partial charge >= 0.3 is 0 Å². The highest BCUT2D eigenvalue weighted by molar-refractivity contribution is 6.36. The molecule has 2 aromatic rings. The molecule has 0 spiro atoms. The van der Waals surface area contributed by atoms with E-state index in [-0.39, 0.29) is 24.8 Å². The summed E-state index contributed by atoms with van der Waals surface area (Å²) in [5.74, 6) is 1.42. The molecule has 0 aliphatic rings. The zero-order valence-electron chi connectivity index (χ0n) is 20.3. The molecule has 8 heteroatoms. The van der Waals surface area contributed by atoms with Crippen molar-refractivity contribution in [3.63, 3.8) is 0 Å². The predicted molar refractivity (Wildman–Crippen MR) is 137 cm³/mol. The molecule has 0 aromatic heterocycles. The number of benzene rings is 2. The lowest BCUT2D eigenvalue weighted by atomic mass is 10.1. The Morgan fingerprint density at radius 2 is 1.65 bits per heavy atom. The van der Waals surface area contributed by atoms with Crippen molar-refractivity contribution >= 4 is 35.0 Å². The van der Waals surface area contributed by atoms with E-state index in [2.05, 4.69) is 5.32 Å². The zero-order valence-corrected chi connectivity index (χ0v) is 21.8. The first-order valence-corrected chi connectivity index (χ1v) is 12.3. The Balaban J connectivity index is 2.09. The largest absolute Gasteiger partial charge is 0.497 e. The van der Waals surface area contributed by atoms with Crippen molar-refractivity contribution < 1.29 is 19.1 Å². The quantitative estimate of drug-likeness (QED) is 0.350. The van der Waals surface area contributed by atoms with Crippen LogP contribution in [0.1, 0.15) is 45.6 Å². The lowest BCUT2D eigenvalue weighted by molar-refractivity contribution is -0.141. The summed E-state index contributed by atoms with van der Waals surface area (Å²) in [4.78, 5) is 27.8. The molecule has 0 heterocycles. The normalized spacial score (nSPS) is 11.7. The van der Waals surface area contributed by atoms with Crippen molar-refractivity contribution in [1.82, 2.24) is 10.2 Å². The first kappa shape index (κ1) is 27.8. The molecular formula is C26H34Cl2N2O4. The van der Waals surface area contributed by atoms with E-state index in [1.807, 2.05) is 45.0 Å². The van der Waals surface area contributed by atoms with Gasteiger partial charge in [0, 0.05) is 35.1 Å². The summed E-state index contributed by atoms with van der Waals surface area (Å²) in [6.07, 6.45) is 1.20. The van der Waals surface area contributed by atoms with Gasteiger partial charge in [0.15, 0.2) is 0 Å². The van der Waals surface area contributed by atoms with Crippen molar-refractivity contribution in [2.45, 2.75) is 52.6 Å².